The van der Waals surface area contributed by atoms with E-state index in [1.165, 1.54) is 12.8 Å². The monoisotopic (exact) mass is 225 g/mol. The molecule has 1 aromatic heterocycles. The zero-order chi connectivity index (χ0) is 11.6. The van der Waals surface area contributed by atoms with Gasteiger partial charge in [0.25, 0.3) is 0 Å². The number of H-pyrrole nitrogens is 1. The Morgan fingerprint density at radius 3 is 3.06 bits per heavy atom. The van der Waals surface area contributed by atoms with Gasteiger partial charge in [-0.15, -0.1) is 0 Å². The topological polar surface area (TPSA) is 84.9 Å². The van der Waals surface area contributed by atoms with Crippen molar-refractivity contribution in [1.29, 1.82) is 0 Å². The SMILES string of the molecule is C[C@@H]1CCC[C@@](CN)(Cc2noc(=O)[nH]2)C1. The molecule has 0 aromatic carbocycles. The van der Waals surface area contributed by atoms with Crippen molar-refractivity contribution in [3.8, 4) is 0 Å². The van der Waals surface area contributed by atoms with Crippen LogP contribution in [0.15, 0.2) is 9.32 Å². The molecule has 5 heteroatoms. The standard InChI is InChI=1S/C11H19N3O2/c1-8-3-2-4-11(5-8,7-12)6-9-13-10(15)16-14-9/h8H,2-7,12H2,1H3,(H,13,14,15)/t8-,11+/m1/s1. The fourth-order valence-corrected chi connectivity index (χ4v) is 2.88. The number of hydrogen-bond donors (Lipinski definition) is 2. The molecule has 0 saturated heterocycles. The first-order valence-electron chi connectivity index (χ1n) is 5.88. The summed E-state index contributed by atoms with van der Waals surface area (Å²) in [7, 11) is 0. The molecule has 0 bridgehead atoms. The van der Waals surface area contributed by atoms with E-state index >= 15 is 0 Å². The minimum absolute atomic E-state index is 0.0947. The van der Waals surface area contributed by atoms with Crippen LogP contribution in [-0.4, -0.2) is 16.7 Å². The predicted octanol–water partition coefficient (Wildman–Crippen LogP) is 1.06. The summed E-state index contributed by atoms with van der Waals surface area (Å²) in [6.07, 6.45) is 5.43. The van der Waals surface area contributed by atoms with Gasteiger partial charge in [-0.2, -0.15) is 0 Å². The summed E-state index contributed by atoms with van der Waals surface area (Å²) in [5.74, 6) is 0.853. The molecule has 3 N–H and O–H groups in total. The Balaban J connectivity index is 2.12. The maximum Gasteiger partial charge on any atom is 0.438 e. The third-order valence-electron chi connectivity index (χ3n) is 3.65. The first kappa shape index (κ1) is 11.4. The summed E-state index contributed by atoms with van der Waals surface area (Å²) in [4.78, 5) is 13.5. The van der Waals surface area contributed by atoms with Crippen LogP contribution in [0.2, 0.25) is 0 Å². The Hall–Kier alpha value is -1.10. The van der Waals surface area contributed by atoms with Gasteiger partial charge in [0.05, 0.1) is 0 Å². The lowest BCUT2D eigenvalue weighted by Crippen LogP contribution is -2.37. The second-order valence-corrected chi connectivity index (χ2v) is 5.12. The zero-order valence-electron chi connectivity index (χ0n) is 9.66. The van der Waals surface area contributed by atoms with Crippen molar-refractivity contribution in [2.45, 2.75) is 39.0 Å². The molecule has 5 nitrogen and oxygen atoms in total. The van der Waals surface area contributed by atoms with Gasteiger partial charge in [-0.25, -0.2) is 4.79 Å². The minimum Gasteiger partial charge on any atom is -0.330 e. The minimum atomic E-state index is -0.481. The van der Waals surface area contributed by atoms with E-state index in [0.717, 1.165) is 19.3 Å². The molecule has 0 amide bonds. The van der Waals surface area contributed by atoms with Crippen LogP contribution in [0.1, 0.15) is 38.4 Å². The van der Waals surface area contributed by atoms with Crippen molar-refractivity contribution in [3.05, 3.63) is 16.4 Å². The average Bonchev–Trinajstić information content (AvgIpc) is 2.64. The highest BCUT2D eigenvalue weighted by Gasteiger charge is 2.34. The van der Waals surface area contributed by atoms with Crippen LogP contribution in [0.25, 0.3) is 0 Å². The maximum absolute atomic E-state index is 10.9. The van der Waals surface area contributed by atoms with Crippen molar-refractivity contribution in [1.82, 2.24) is 10.1 Å². The normalized spacial score (nSPS) is 30.5. The van der Waals surface area contributed by atoms with Gasteiger partial charge in [0.2, 0.25) is 0 Å². The quantitative estimate of drug-likeness (QED) is 0.805. The van der Waals surface area contributed by atoms with Crippen LogP contribution in [0.5, 0.6) is 0 Å². The molecule has 1 aliphatic rings. The smallest absolute Gasteiger partial charge is 0.330 e. The van der Waals surface area contributed by atoms with Gasteiger partial charge >= 0.3 is 5.76 Å². The third-order valence-corrected chi connectivity index (χ3v) is 3.65. The van der Waals surface area contributed by atoms with Crippen LogP contribution in [0.4, 0.5) is 0 Å². The molecule has 0 aliphatic heterocycles. The van der Waals surface area contributed by atoms with Gasteiger partial charge in [0, 0.05) is 6.42 Å². The van der Waals surface area contributed by atoms with Crippen molar-refractivity contribution in [3.63, 3.8) is 0 Å². The predicted molar refractivity (Wildman–Crippen MR) is 59.9 cm³/mol. The summed E-state index contributed by atoms with van der Waals surface area (Å²) in [6.45, 7) is 2.90. The molecular weight excluding hydrogens is 206 g/mol. The lowest BCUT2D eigenvalue weighted by atomic mass is 9.68. The lowest BCUT2D eigenvalue weighted by Gasteiger charge is -2.38. The van der Waals surface area contributed by atoms with Gasteiger partial charge in [-0.05, 0) is 30.7 Å². The van der Waals surface area contributed by atoms with E-state index in [1.54, 1.807) is 0 Å². The Bertz CT molecular complexity index is 398. The zero-order valence-corrected chi connectivity index (χ0v) is 9.66. The summed E-state index contributed by atoms with van der Waals surface area (Å²) >= 11 is 0. The number of rotatable bonds is 3. The van der Waals surface area contributed by atoms with E-state index in [4.69, 9.17) is 5.73 Å². The van der Waals surface area contributed by atoms with E-state index < -0.39 is 5.76 Å². The van der Waals surface area contributed by atoms with E-state index in [-0.39, 0.29) is 5.41 Å². The number of nitrogens with zero attached hydrogens (tertiary/aromatic N) is 1. The van der Waals surface area contributed by atoms with Gasteiger partial charge < -0.3 is 5.73 Å². The number of nitrogens with one attached hydrogen (secondary N) is 1. The van der Waals surface area contributed by atoms with E-state index in [9.17, 15) is 4.79 Å². The molecule has 90 valence electrons. The molecule has 1 heterocycles. The van der Waals surface area contributed by atoms with Crippen LogP contribution in [0, 0.1) is 11.3 Å². The molecule has 1 fully saturated rings. The van der Waals surface area contributed by atoms with Gasteiger partial charge in [0.15, 0.2) is 5.82 Å². The number of hydrogen-bond acceptors (Lipinski definition) is 4. The van der Waals surface area contributed by atoms with Crippen molar-refractivity contribution in [2.75, 3.05) is 6.54 Å². The fraction of sp³-hybridized carbons (Fsp3) is 0.818. The highest BCUT2D eigenvalue weighted by atomic mass is 16.5. The van der Waals surface area contributed by atoms with Gasteiger partial charge in [-0.3, -0.25) is 9.51 Å². The molecule has 0 unspecified atom stereocenters. The van der Waals surface area contributed by atoms with E-state index in [1.807, 2.05) is 0 Å². The van der Waals surface area contributed by atoms with E-state index in [0.29, 0.717) is 18.3 Å². The number of aromatic nitrogens is 2. The number of nitrogens with two attached hydrogens (primary N) is 1. The molecule has 16 heavy (non-hydrogen) atoms. The van der Waals surface area contributed by atoms with Gasteiger partial charge in [-0.1, -0.05) is 24.9 Å². The third kappa shape index (κ3) is 2.35. The highest BCUT2D eigenvalue weighted by molar-refractivity contribution is 4.94. The highest BCUT2D eigenvalue weighted by Crippen LogP contribution is 2.40. The first-order chi connectivity index (χ1) is 7.63. The lowest BCUT2D eigenvalue weighted by molar-refractivity contribution is 0.150. The van der Waals surface area contributed by atoms with Crippen LogP contribution < -0.4 is 11.5 Å². The first-order valence-corrected chi connectivity index (χ1v) is 5.88. The maximum atomic E-state index is 10.9. The summed E-state index contributed by atoms with van der Waals surface area (Å²) < 4.78 is 4.52. The largest absolute Gasteiger partial charge is 0.438 e. The summed E-state index contributed by atoms with van der Waals surface area (Å²) in [5, 5.41) is 3.73. The molecule has 0 radical (unpaired) electrons. The van der Waals surface area contributed by atoms with Crippen molar-refractivity contribution in [2.24, 2.45) is 17.1 Å². The molecule has 2 rings (SSSR count). The van der Waals surface area contributed by atoms with Crippen LogP contribution in [0.3, 0.4) is 0 Å². The molecule has 1 saturated carbocycles. The van der Waals surface area contributed by atoms with Crippen molar-refractivity contribution < 1.29 is 4.52 Å². The molecule has 1 aromatic rings. The number of aromatic amines is 1. The Morgan fingerprint density at radius 2 is 2.50 bits per heavy atom. The summed E-state index contributed by atoms with van der Waals surface area (Å²) in [5.41, 5.74) is 6.00. The van der Waals surface area contributed by atoms with Gasteiger partial charge in [0.1, 0.15) is 0 Å². The molecule has 2 atom stereocenters. The summed E-state index contributed by atoms with van der Waals surface area (Å²) in [6, 6.07) is 0. The van der Waals surface area contributed by atoms with Crippen LogP contribution >= 0.6 is 0 Å². The molecule has 1 aliphatic carbocycles. The average molecular weight is 225 g/mol. The second-order valence-electron chi connectivity index (χ2n) is 5.12. The van der Waals surface area contributed by atoms with Crippen molar-refractivity contribution >= 4 is 0 Å². The second kappa shape index (κ2) is 4.41. The molecular formula is C11H19N3O2. The molecule has 0 spiro atoms. The van der Waals surface area contributed by atoms with E-state index in [2.05, 4.69) is 21.6 Å². The Kier molecular flexibility index (Phi) is 3.14. The fourth-order valence-electron chi connectivity index (χ4n) is 2.88. The van der Waals surface area contributed by atoms with Crippen LogP contribution in [-0.2, 0) is 6.42 Å². The Morgan fingerprint density at radius 1 is 1.69 bits per heavy atom. The Labute approximate surface area is 94.4 Å².